The van der Waals surface area contributed by atoms with Crippen LogP contribution in [0.15, 0.2) is 24.3 Å². The third-order valence-corrected chi connectivity index (χ3v) is 6.73. The van der Waals surface area contributed by atoms with Crippen LogP contribution in [0.5, 0.6) is 0 Å². The number of hydrogen-bond donors (Lipinski definition) is 1. The number of nitrogens with two attached hydrogens (primary N) is 1. The van der Waals surface area contributed by atoms with Gasteiger partial charge in [-0.1, -0.05) is 38.5 Å². The number of nitrogens with zero attached hydrogens (tertiary/aromatic N) is 1. The normalized spacial score (nSPS) is 22.9. The van der Waals surface area contributed by atoms with E-state index in [1.54, 1.807) is 0 Å². The van der Waals surface area contributed by atoms with Gasteiger partial charge in [0.05, 0.1) is 0 Å². The largest absolute Gasteiger partial charge is 0.399 e. The Hall–Kier alpha value is -1.18. The van der Waals surface area contributed by atoms with E-state index in [9.17, 15) is 0 Å². The molecule has 0 heterocycles. The van der Waals surface area contributed by atoms with Crippen molar-refractivity contribution in [3.63, 3.8) is 0 Å². The highest BCUT2D eigenvalue weighted by atomic mass is 15.2. The minimum Gasteiger partial charge on any atom is -0.399 e. The predicted molar refractivity (Wildman–Crippen MR) is 105 cm³/mol. The highest BCUT2D eigenvalue weighted by Crippen LogP contribution is 2.37. The van der Waals surface area contributed by atoms with Gasteiger partial charge in [0.1, 0.15) is 0 Å². The molecule has 2 aliphatic carbocycles. The lowest BCUT2D eigenvalue weighted by molar-refractivity contribution is 0.252. The SMILES string of the molecule is CC(C1CCCCC1)N(c1ccc(N)cc1)C(C)C1CCCCC1. The first-order valence-corrected chi connectivity index (χ1v) is 10.3. The Kier molecular flexibility index (Phi) is 6.08. The summed E-state index contributed by atoms with van der Waals surface area (Å²) in [6, 6.07) is 9.89. The van der Waals surface area contributed by atoms with Crippen LogP contribution in [0.1, 0.15) is 78.1 Å². The van der Waals surface area contributed by atoms with Crippen molar-refractivity contribution in [2.24, 2.45) is 11.8 Å². The standard InChI is InChI=1S/C22H36N2/c1-17(19-9-5-3-6-10-19)24(22-15-13-21(23)14-16-22)18(2)20-11-7-4-8-12-20/h13-20H,3-12,23H2,1-2H3. The number of nitrogen functional groups attached to an aromatic ring is 1. The maximum Gasteiger partial charge on any atom is 0.0372 e. The van der Waals surface area contributed by atoms with Crippen molar-refractivity contribution in [2.75, 3.05) is 10.6 Å². The van der Waals surface area contributed by atoms with Gasteiger partial charge in [0.15, 0.2) is 0 Å². The second-order valence-corrected chi connectivity index (χ2v) is 8.28. The summed E-state index contributed by atoms with van der Waals surface area (Å²) in [5.74, 6) is 1.70. The van der Waals surface area contributed by atoms with E-state index in [0.29, 0.717) is 12.1 Å². The lowest BCUT2D eigenvalue weighted by Crippen LogP contribution is -2.48. The van der Waals surface area contributed by atoms with Crippen molar-refractivity contribution in [3.8, 4) is 0 Å². The summed E-state index contributed by atoms with van der Waals surface area (Å²) >= 11 is 0. The molecule has 0 radical (unpaired) electrons. The smallest absolute Gasteiger partial charge is 0.0372 e. The highest BCUT2D eigenvalue weighted by Gasteiger charge is 2.32. The fourth-order valence-corrected chi connectivity index (χ4v) is 5.18. The first-order valence-electron chi connectivity index (χ1n) is 10.3. The van der Waals surface area contributed by atoms with E-state index >= 15 is 0 Å². The quantitative estimate of drug-likeness (QED) is 0.670. The van der Waals surface area contributed by atoms with E-state index in [2.05, 4.69) is 43.0 Å². The molecule has 2 aliphatic rings. The van der Waals surface area contributed by atoms with Crippen LogP contribution in [0.2, 0.25) is 0 Å². The molecule has 2 saturated carbocycles. The summed E-state index contributed by atoms with van der Waals surface area (Å²) in [7, 11) is 0. The molecule has 2 unspecified atom stereocenters. The molecule has 0 bridgehead atoms. The Morgan fingerprint density at radius 1 is 0.750 bits per heavy atom. The highest BCUT2D eigenvalue weighted by molar-refractivity contribution is 5.54. The van der Waals surface area contributed by atoms with Crippen LogP contribution in [0, 0.1) is 11.8 Å². The number of anilines is 2. The molecule has 0 saturated heterocycles. The first-order chi connectivity index (χ1) is 11.7. The van der Waals surface area contributed by atoms with E-state index < -0.39 is 0 Å². The van der Waals surface area contributed by atoms with Gasteiger partial charge in [0.25, 0.3) is 0 Å². The average Bonchev–Trinajstić information content (AvgIpc) is 2.64. The van der Waals surface area contributed by atoms with Crippen LogP contribution in [0.3, 0.4) is 0 Å². The molecule has 0 aromatic heterocycles. The van der Waals surface area contributed by atoms with Crippen molar-refractivity contribution >= 4 is 11.4 Å². The summed E-state index contributed by atoms with van der Waals surface area (Å²) in [4.78, 5) is 2.76. The van der Waals surface area contributed by atoms with Crippen LogP contribution in [0.4, 0.5) is 11.4 Å². The second kappa shape index (κ2) is 8.27. The molecule has 1 aromatic rings. The minimum absolute atomic E-state index is 0.630. The van der Waals surface area contributed by atoms with E-state index in [-0.39, 0.29) is 0 Å². The van der Waals surface area contributed by atoms with Gasteiger partial charge in [-0.05, 0) is 75.6 Å². The van der Waals surface area contributed by atoms with E-state index in [0.717, 1.165) is 17.5 Å². The summed E-state index contributed by atoms with van der Waals surface area (Å²) < 4.78 is 0. The van der Waals surface area contributed by atoms with Gasteiger partial charge in [-0.2, -0.15) is 0 Å². The van der Waals surface area contributed by atoms with Gasteiger partial charge < -0.3 is 10.6 Å². The van der Waals surface area contributed by atoms with Gasteiger partial charge in [-0.25, -0.2) is 0 Å². The maximum absolute atomic E-state index is 5.95. The molecule has 24 heavy (non-hydrogen) atoms. The fraction of sp³-hybridized carbons (Fsp3) is 0.727. The van der Waals surface area contributed by atoms with Crippen LogP contribution < -0.4 is 10.6 Å². The van der Waals surface area contributed by atoms with Crippen molar-refractivity contribution in [1.82, 2.24) is 0 Å². The van der Waals surface area contributed by atoms with Gasteiger partial charge in [-0.3, -0.25) is 0 Å². The Morgan fingerprint density at radius 2 is 1.17 bits per heavy atom. The molecule has 2 nitrogen and oxygen atoms in total. The molecule has 2 N–H and O–H groups in total. The molecule has 1 aromatic carbocycles. The summed E-state index contributed by atoms with van der Waals surface area (Å²) in [5.41, 5.74) is 8.19. The van der Waals surface area contributed by atoms with Crippen molar-refractivity contribution in [1.29, 1.82) is 0 Å². The van der Waals surface area contributed by atoms with Crippen LogP contribution in [0.25, 0.3) is 0 Å². The first kappa shape index (κ1) is 17.6. The molecule has 0 spiro atoms. The molecular weight excluding hydrogens is 292 g/mol. The Morgan fingerprint density at radius 3 is 1.58 bits per heavy atom. The third-order valence-electron chi connectivity index (χ3n) is 6.73. The lowest BCUT2D eigenvalue weighted by Gasteiger charge is -2.45. The average molecular weight is 329 g/mol. The molecular formula is C22H36N2. The zero-order chi connectivity index (χ0) is 16.9. The predicted octanol–water partition coefficient (Wildman–Crippen LogP) is 6.01. The van der Waals surface area contributed by atoms with Crippen molar-refractivity contribution in [3.05, 3.63) is 24.3 Å². The Bertz CT molecular complexity index is 459. The number of rotatable bonds is 5. The minimum atomic E-state index is 0.630. The van der Waals surface area contributed by atoms with E-state index in [1.165, 1.54) is 69.9 Å². The van der Waals surface area contributed by atoms with Gasteiger partial charge in [0.2, 0.25) is 0 Å². The van der Waals surface area contributed by atoms with Gasteiger partial charge >= 0.3 is 0 Å². The topological polar surface area (TPSA) is 29.3 Å². The van der Waals surface area contributed by atoms with Crippen LogP contribution in [-0.2, 0) is 0 Å². The summed E-state index contributed by atoms with van der Waals surface area (Å²) in [6.45, 7) is 4.96. The number of hydrogen-bond acceptors (Lipinski definition) is 2. The molecule has 134 valence electrons. The van der Waals surface area contributed by atoms with Gasteiger partial charge in [0, 0.05) is 23.5 Å². The summed E-state index contributed by atoms with van der Waals surface area (Å²) in [6.07, 6.45) is 14.2. The van der Waals surface area contributed by atoms with Crippen LogP contribution in [-0.4, -0.2) is 12.1 Å². The van der Waals surface area contributed by atoms with E-state index in [4.69, 9.17) is 5.73 Å². The van der Waals surface area contributed by atoms with Gasteiger partial charge in [-0.15, -0.1) is 0 Å². The number of benzene rings is 1. The van der Waals surface area contributed by atoms with E-state index in [1.807, 2.05) is 0 Å². The Balaban J connectivity index is 1.82. The second-order valence-electron chi connectivity index (χ2n) is 8.28. The van der Waals surface area contributed by atoms with Crippen LogP contribution >= 0.6 is 0 Å². The maximum atomic E-state index is 5.95. The fourth-order valence-electron chi connectivity index (χ4n) is 5.18. The molecule has 2 heteroatoms. The molecule has 3 rings (SSSR count). The lowest BCUT2D eigenvalue weighted by atomic mass is 9.80. The molecule has 0 aliphatic heterocycles. The molecule has 2 fully saturated rings. The summed E-state index contributed by atoms with van der Waals surface area (Å²) in [5, 5.41) is 0. The van der Waals surface area contributed by atoms with Crippen molar-refractivity contribution < 1.29 is 0 Å². The zero-order valence-corrected chi connectivity index (χ0v) is 15.7. The third kappa shape index (κ3) is 4.07. The zero-order valence-electron chi connectivity index (χ0n) is 15.7. The monoisotopic (exact) mass is 328 g/mol. The van der Waals surface area contributed by atoms with Crippen molar-refractivity contribution in [2.45, 2.75) is 90.1 Å². The Labute approximate surface area is 148 Å². The molecule has 0 amide bonds. The molecule has 2 atom stereocenters.